The number of aliphatic carboxylic acids is 1. The first-order valence-electron chi connectivity index (χ1n) is 7.36. The van der Waals surface area contributed by atoms with Gasteiger partial charge in [-0.3, -0.25) is 14.3 Å². The number of carbonyl (C=O) groups is 2. The van der Waals surface area contributed by atoms with Crippen molar-refractivity contribution in [1.29, 1.82) is 0 Å². The van der Waals surface area contributed by atoms with E-state index in [4.69, 9.17) is 0 Å². The van der Waals surface area contributed by atoms with Crippen LogP contribution in [0, 0.1) is 18.3 Å². The summed E-state index contributed by atoms with van der Waals surface area (Å²) in [5.74, 6) is -0.494. The van der Waals surface area contributed by atoms with Gasteiger partial charge in [0, 0.05) is 19.3 Å². The molecule has 0 atom stereocenters. The van der Waals surface area contributed by atoms with E-state index < -0.39 is 11.4 Å². The molecule has 1 aliphatic rings. The molecule has 0 spiro atoms. The molecule has 1 aromatic rings. The summed E-state index contributed by atoms with van der Waals surface area (Å²) >= 11 is 0. The van der Waals surface area contributed by atoms with Crippen molar-refractivity contribution in [2.75, 3.05) is 6.54 Å². The molecule has 116 valence electrons. The van der Waals surface area contributed by atoms with Gasteiger partial charge in [0.25, 0.3) is 5.91 Å². The van der Waals surface area contributed by atoms with E-state index in [1.54, 1.807) is 11.7 Å². The molecule has 1 aromatic heterocycles. The summed E-state index contributed by atoms with van der Waals surface area (Å²) in [6, 6.07) is 0. The predicted octanol–water partition coefficient (Wildman–Crippen LogP) is 1.74. The Labute approximate surface area is 124 Å². The smallest absolute Gasteiger partial charge is 0.311 e. The second-order valence-electron chi connectivity index (χ2n) is 6.22. The van der Waals surface area contributed by atoms with E-state index in [2.05, 4.69) is 17.3 Å². The molecule has 0 bridgehead atoms. The molecule has 0 saturated heterocycles. The molecule has 6 heteroatoms. The Kier molecular flexibility index (Phi) is 4.34. The lowest BCUT2D eigenvalue weighted by Crippen LogP contribution is -2.45. The Balaban J connectivity index is 2.04. The van der Waals surface area contributed by atoms with Crippen LogP contribution in [0.15, 0.2) is 6.20 Å². The Bertz CT molecular complexity index is 542. The molecule has 6 nitrogen and oxygen atoms in total. The number of amides is 1. The fraction of sp³-hybridized carbons (Fsp3) is 0.667. The van der Waals surface area contributed by atoms with Crippen molar-refractivity contribution in [1.82, 2.24) is 15.1 Å². The van der Waals surface area contributed by atoms with E-state index >= 15 is 0 Å². The molecule has 0 unspecified atom stereocenters. The summed E-state index contributed by atoms with van der Waals surface area (Å²) in [6.45, 7) is 4.14. The van der Waals surface area contributed by atoms with Crippen LogP contribution in [0.25, 0.3) is 0 Å². The van der Waals surface area contributed by atoms with E-state index in [-0.39, 0.29) is 12.5 Å². The zero-order valence-electron chi connectivity index (χ0n) is 12.8. The number of hydrogen-bond acceptors (Lipinski definition) is 3. The van der Waals surface area contributed by atoms with Crippen molar-refractivity contribution >= 4 is 11.9 Å². The molecule has 1 fully saturated rings. The third-order valence-corrected chi connectivity index (χ3v) is 4.75. The first-order chi connectivity index (χ1) is 9.85. The minimum absolute atomic E-state index is 0.183. The van der Waals surface area contributed by atoms with Gasteiger partial charge >= 0.3 is 5.97 Å². The van der Waals surface area contributed by atoms with Crippen LogP contribution in [-0.2, 0) is 11.8 Å². The zero-order valence-corrected chi connectivity index (χ0v) is 12.8. The van der Waals surface area contributed by atoms with E-state index in [1.807, 2.05) is 6.92 Å². The normalized spacial score (nSPS) is 25.6. The van der Waals surface area contributed by atoms with Crippen LogP contribution in [0.4, 0.5) is 0 Å². The van der Waals surface area contributed by atoms with Gasteiger partial charge in [-0.1, -0.05) is 6.92 Å². The lowest BCUT2D eigenvalue weighted by atomic mass is 9.71. The monoisotopic (exact) mass is 293 g/mol. The number of rotatable bonds is 4. The summed E-state index contributed by atoms with van der Waals surface area (Å²) in [6.07, 6.45) is 4.55. The quantitative estimate of drug-likeness (QED) is 0.885. The lowest BCUT2D eigenvalue weighted by Gasteiger charge is -2.35. The maximum atomic E-state index is 12.2. The maximum Gasteiger partial charge on any atom is 0.311 e. The number of aryl methyl sites for hydroxylation is 1. The second kappa shape index (κ2) is 5.87. The van der Waals surface area contributed by atoms with Crippen molar-refractivity contribution in [2.45, 2.75) is 39.5 Å². The van der Waals surface area contributed by atoms with Crippen LogP contribution >= 0.6 is 0 Å². The second-order valence-corrected chi connectivity index (χ2v) is 6.22. The van der Waals surface area contributed by atoms with Gasteiger partial charge < -0.3 is 10.4 Å². The van der Waals surface area contributed by atoms with Crippen molar-refractivity contribution in [3.8, 4) is 0 Å². The third kappa shape index (κ3) is 3.09. The first kappa shape index (κ1) is 15.5. The van der Waals surface area contributed by atoms with Crippen LogP contribution < -0.4 is 5.32 Å². The number of aromatic nitrogens is 2. The standard InChI is InChI=1S/C15H23N3O3/c1-10-4-6-15(7-5-10,14(20)21)9-16-13(19)12-8-17-18(3)11(12)2/h8,10H,4-7,9H2,1-3H3,(H,16,19)(H,20,21). The summed E-state index contributed by atoms with van der Waals surface area (Å²) < 4.78 is 1.63. The van der Waals surface area contributed by atoms with Crippen LogP contribution in [-0.4, -0.2) is 33.3 Å². The number of carboxylic acids is 1. The van der Waals surface area contributed by atoms with Gasteiger partial charge in [0.2, 0.25) is 0 Å². The van der Waals surface area contributed by atoms with Gasteiger partial charge in [-0.2, -0.15) is 5.10 Å². The van der Waals surface area contributed by atoms with Crippen LogP contribution in [0.5, 0.6) is 0 Å². The highest BCUT2D eigenvalue weighted by molar-refractivity contribution is 5.95. The molecule has 1 saturated carbocycles. The molecule has 0 aliphatic heterocycles. The van der Waals surface area contributed by atoms with Gasteiger partial charge in [-0.15, -0.1) is 0 Å². The van der Waals surface area contributed by atoms with Crippen LogP contribution in [0.3, 0.4) is 0 Å². The lowest BCUT2D eigenvalue weighted by molar-refractivity contribution is -0.151. The van der Waals surface area contributed by atoms with E-state index in [0.717, 1.165) is 18.5 Å². The molecule has 1 aliphatic carbocycles. The minimum atomic E-state index is -0.821. The topological polar surface area (TPSA) is 84.2 Å². The number of carbonyl (C=O) groups excluding carboxylic acids is 1. The summed E-state index contributed by atoms with van der Waals surface area (Å²) in [5.41, 5.74) is 0.453. The van der Waals surface area contributed by atoms with Gasteiger partial charge in [-0.05, 0) is 38.5 Å². The highest BCUT2D eigenvalue weighted by Crippen LogP contribution is 2.38. The van der Waals surface area contributed by atoms with Gasteiger partial charge in [0.05, 0.1) is 17.2 Å². The molecular formula is C15H23N3O3. The third-order valence-electron chi connectivity index (χ3n) is 4.75. The van der Waals surface area contributed by atoms with Crippen molar-refractivity contribution < 1.29 is 14.7 Å². The maximum absolute atomic E-state index is 12.2. The molecule has 2 N–H and O–H groups in total. The Morgan fingerprint density at radius 1 is 1.48 bits per heavy atom. The Morgan fingerprint density at radius 2 is 2.10 bits per heavy atom. The molecular weight excluding hydrogens is 270 g/mol. The van der Waals surface area contributed by atoms with E-state index in [0.29, 0.717) is 24.3 Å². The molecule has 1 amide bonds. The van der Waals surface area contributed by atoms with Crippen molar-refractivity contribution in [3.05, 3.63) is 17.5 Å². The van der Waals surface area contributed by atoms with Crippen molar-refractivity contribution in [3.63, 3.8) is 0 Å². The number of nitrogens with zero attached hydrogens (tertiary/aromatic N) is 2. The highest BCUT2D eigenvalue weighted by Gasteiger charge is 2.41. The minimum Gasteiger partial charge on any atom is -0.481 e. The molecule has 1 heterocycles. The first-order valence-corrected chi connectivity index (χ1v) is 7.36. The fourth-order valence-corrected chi connectivity index (χ4v) is 2.85. The van der Waals surface area contributed by atoms with E-state index in [9.17, 15) is 14.7 Å². The fourth-order valence-electron chi connectivity index (χ4n) is 2.85. The Morgan fingerprint density at radius 3 is 2.57 bits per heavy atom. The van der Waals surface area contributed by atoms with Crippen molar-refractivity contribution in [2.24, 2.45) is 18.4 Å². The molecule has 0 radical (unpaired) electrons. The summed E-state index contributed by atoms with van der Waals surface area (Å²) in [4.78, 5) is 23.8. The van der Waals surface area contributed by atoms with Crippen LogP contribution in [0.2, 0.25) is 0 Å². The SMILES string of the molecule is Cc1c(C(=O)NCC2(C(=O)O)CCC(C)CC2)cnn1C. The number of nitrogens with one attached hydrogen (secondary N) is 1. The van der Waals surface area contributed by atoms with Gasteiger partial charge in [0.15, 0.2) is 0 Å². The molecule has 2 rings (SSSR count). The Hall–Kier alpha value is -1.85. The highest BCUT2D eigenvalue weighted by atomic mass is 16.4. The predicted molar refractivity (Wildman–Crippen MR) is 78.0 cm³/mol. The van der Waals surface area contributed by atoms with Gasteiger partial charge in [0.1, 0.15) is 0 Å². The average Bonchev–Trinajstić information content (AvgIpc) is 2.78. The van der Waals surface area contributed by atoms with E-state index in [1.165, 1.54) is 6.20 Å². The number of hydrogen-bond donors (Lipinski definition) is 2. The largest absolute Gasteiger partial charge is 0.481 e. The number of carboxylic acid groups (broad SMARTS) is 1. The zero-order chi connectivity index (χ0) is 15.6. The molecule has 21 heavy (non-hydrogen) atoms. The molecule has 0 aromatic carbocycles. The summed E-state index contributed by atoms with van der Waals surface area (Å²) in [7, 11) is 1.77. The average molecular weight is 293 g/mol. The van der Waals surface area contributed by atoms with Gasteiger partial charge in [-0.25, -0.2) is 0 Å². The summed E-state index contributed by atoms with van der Waals surface area (Å²) in [5, 5.41) is 16.4. The van der Waals surface area contributed by atoms with Crippen LogP contribution in [0.1, 0.15) is 48.7 Å².